The smallest absolute Gasteiger partial charge is 0.310 e. The van der Waals surface area contributed by atoms with Gasteiger partial charge in [0.15, 0.2) is 5.79 Å². The summed E-state index contributed by atoms with van der Waals surface area (Å²) in [7, 11) is 0. The monoisotopic (exact) mass is 488 g/mol. The van der Waals surface area contributed by atoms with Crippen LogP contribution in [0.25, 0.3) is 0 Å². The van der Waals surface area contributed by atoms with E-state index < -0.39 is 17.0 Å². The zero-order valence-electron chi connectivity index (χ0n) is 23.1. The van der Waals surface area contributed by atoms with Crippen LogP contribution >= 0.6 is 0 Å². The van der Waals surface area contributed by atoms with E-state index in [0.29, 0.717) is 36.5 Å². The molecule has 5 aliphatic rings. The first-order chi connectivity index (χ1) is 16.1. The van der Waals surface area contributed by atoms with Crippen LogP contribution in [0.1, 0.15) is 113 Å². The number of allylic oxidation sites excluding steroid dienone is 2. The topological polar surface area (TPSA) is 76.0 Å². The molecule has 3 aliphatic carbocycles. The standard InChI is InChI=1S/C30H48O5/c1-8-22-21-12-16-28(6)23(26(21,4)14-13-24(31)34-22)10-9-19-20(11-15-27(19,28)5)29(7)17-18-30(33,35-29)25(2,3)32/h8,19-21,23,32-33H,9-18H2,1-7H3/t19-,20+,21+,23-,26+,27-,28-,29+,30+/m1/s1. The highest BCUT2D eigenvalue weighted by atomic mass is 16.7. The lowest BCUT2D eigenvalue weighted by molar-refractivity contribution is -0.305. The maximum Gasteiger partial charge on any atom is 0.310 e. The number of fused-ring (bicyclic) bond motifs is 5. The fourth-order valence-electron chi connectivity index (χ4n) is 10.1. The number of ether oxygens (including phenoxy) is 2. The summed E-state index contributed by atoms with van der Waals surface area (Å²) < 4.78 is 12.3. The molecule has 0 radical (unpaired) electrons. The van der Waals surface area contributed by atoms with Crippen molar-refractivity contribution in [2.24, 2.45) is 39.9 Å². The molecule has 0 spiro atoms. The number of esters is 1. The minimum atomic E-state index is -1.48. The molecule has 35 heavy (non-hydrogen) atoms. The molecule has 0 aromatic carbocycles. The Morgan fingerprint density at radius 1 is 0.914 bits per heavy atom. The SMILES string of the molecule is CC=C1OC(=O)CC[C@]2(C)[C@H]3CC[C@@H]4[C@@H]([C@]5(C)CC[C@@](O)(C(C)(C)O)O5)CC[C@@]4(C)[C@]3(C)CC[C@@H]12. The Bertz CT molecular complexity index is 920. The number of rotatable bonds is 2. The van der Waals surface area contributed by atoms with Gasteiger partial charge in [0.1, 0.15) is 11.4 Å². The van der Waals surface area contributed by atoms with Gasteiger partial charge in [0.05, 0.1) is 5.60 Å². The zero-order valence-corrected chi connectivity index (χ0v) is 23.1. The highest BCUT2D eigenvalue weighted by molar-refractivity contribution is 5.71. The van der Waals surface area contributed by atoms with E-state index in [0.717, 1.165) is 37.9 Å². The second kappa shape index (κ2) is 7.80. The summed E-state index contributed by atoms with van der Waals surface area (Å²) >= 11 is 0. The molecule has 2 aliphatic heterocycles. The first kappa shape index (κ1) is 25.7. The molecule has 198 valence electrons. The van der Waals surface area contributed by atoms with Crippen molar-refractivity contribution in [1.82, 2.24) is 0 Å². The van der Waals surface area contributed by atoms with Crippen molar-refractivity contribution in [3.8, 4) is 0 Å². The Hall–Kier alpha value is -0.910. The van der Waals surface area contributed by atoms with E-state index in [1.165, 1.54) is 19.3 Å². The Kier molecular flexibility index (Phi) is 5.73. The Morgan fingerprint density at radius 3 is 2.23 bits per heavy atom. The van der Waals surface area contributed by atoms with E-state index in [9.17, 15) is 15.0 Å². The van der Waals surface area contributed by atoms with Crippen LogP contribution in [0.15, 0.2) is 11.8 Å². The van der Waals surface area contributed by atoms with Gasteiger partial charge in [-0.1, -0.05) is 20.8 Å². The van der Waals surface area contributed by atoms with Crippen LogP contribution in [-0.4, -0.2) is 33.2 Å². The molecule has 0 bridgehead atoms. The van der Waals surface area contributed by atoms with Gasteiger partial charge in [0.2, 0.25) is 0 Å². The zero-order chi connectivity index (χ0) is 25.7. The Labute approximate surface area is 212 Å². The average Bonchev–Trinajstić information content (AvgIpc) is 3.26. The lowest BCUT2D eigenvalue weighted by Gasteiger charge is -2.66. The van der Waals surface area contributed by atoms with Gasteiger partial charge in [-0.3, -0.25) is 4.79 Å². The molecule has 0 aromatic rings. The van der Waals surface area contributed by atoms with Gasteiger partial charge >= 0.3 is 5.97 Å². The second-order valence-corrected chi connectivity index (χ2v) is 14.2. The molecule has 5 nitrogen and oxygen atoms in total. The molecule has 2 N–H and O–H groups in total. The Morgan fingerprint density at radius 2 is 1.60 bits per heavy atom. The quantitative estimate of drug-likeness (QED) is 0.458. The predicted molar refractivity (Wildman–Crippen MR) is 135 cm³/mol. The van der Waals surface area contributed by atoms with E-state index in [1.54, 1.807) is 13.8 Å². The summed E-state index contributed by atoms with van der Waals surface area (Å²) in [6, 6.07) is 0. The molecule has 2 heterocycles. The van der Waals surface area contributed by atoms with Crippen LogP contribution in [0.5, 0.6) is 0 Å². The summed E-state index contributed by atoms with van der Waals surface area (Å²) in [5.74, 6) is 1.17. The van der Waals surface area contributed by atoms with E-state index in [1.807, 2.05) is 13.0 Å². The maximum absolute atomic E-state index is 12.5. The summed E-state index contributed by atoms with van der Waals surface area (Å²) in [5.41, 5.74) is -1.23. The number of hydrogen-bond donors (Lipinski definition) is 2. The Balaban J connectivity index is 1.46. The molecular formula is C30H48O5. The normalized spacial score (nSPS) is 53.5. The van der Waals surface area contributed by atoms with Crippen molar-refractivity contribution in [2.45, 2.75) is 130 Å². The third kappa shape index (κ3) is 3.39. The predicted octanol–water partition coefficient (Wildman–Crippen LogP) is 6.12. The first-order valence-corrected chi connectivity index (χ1v) is 14.2. The van der Waals surface area contributed by atoms with Gasteiger partial charge in [-0.2, -0.15) is 0 Å². The third-order valence-corrected chi connectivity index (χ3v) is 12.5. The fraction of sp³-hybridized carbons (Fsp3) is 0.900. The van der Waals surface area contributed by atoms with Gasteiger partial charge in [-0.05, 0) is 119 Å². The molecule has 0 amide bonds. The molecule has 5 heteroatoms. The lowest BCUT2D eigenvalue weighted by atomic mass is 9.38. The molecule has 0 aromatic heterocycles. The third-order valence-electron chi connectivity index (χ3n) is 12.5. The van der Waals surface area contributed by atoms with Crippen molar-refractivity contribution in [3.05, 3.63) is 11.8 Å². The van der Waals surface area contributed by atoms with E-state index in [-0.39, 0.29) is 22.2 Å². The maximum atomic E-state index is 12.5. The summed E-state index contributed by atoms with van der Waals surface area (Å²) in [5, 5.41) is 21.8. The van der Waals surface area contributed by atoms with E-state index >= 15 is 0 Å². The van der Waals surface area contributed by atoms with Crippen molar-refractivity contribution >= 4 is 5.97 Å². The summed E-state index contributed by atoms with van der Waals surface area (Å²) in [6.45, 7) is 15.1. The second-order valence-electron chi connectivity index (χ2n) is 14.2. The van der Waals surface area contributed by atoms with Crippen LogP contribution in [0.3, 0.4) is 0 Å². The largest absolute Gasteiger partial charge is 0.431 e. The molecule has 5 rings (SSSR count). The highest BCUT2D eigenvalue weighted by Gasteiger charge is 2.69. The first-order valence-electron chi connectivity index (χ1n) is 14.2. The lowest BCUT2D eigenvalue weighted by Crippen LogP contribution is -2.60. The average molecular weight is 489 g/mol. The summed E-state index contributed by atoms with van der Waals surface area (Å²) in [4.78, 5) is 12.5. The van der Waals surface area contributed by atoms with Crippen LogP contribution < -0.4 is 0 Å². The molecule has 3 saturated carbocycles. The fourth-order valence-corrected chi connectivity index (χ4v) is 10.1. The van der Waals surface area contributed by atoms with E-state index in [2.05, 4.69) is 27.7 Å². The van der Waals surface area contributed by atoms with Gasteiger partial charge < -0.3 is 19.7 Å². The van der Waals surface area contributed by atoms with Gasteiger partial charge in [-0.15, -0.1) is 0 Å². The van der Waals surface area contributed by atoms with Crippen molar-refractivity contribution in [1.29, 1.82) is 0 Å². The molecule has 2 saturated heterocycles. The minimum absolute atomic E-state index is 0.0677. The molecule has 0 unspecified atom stereocenters. The van der Waals surface area contributed by atoms with Crippen molar-refractivity contribution in [2.75, 3.05) is 0 Å². The molecule has 9 atom stereocenters. The van der Waals surface area contributed by atoms with Crippen LogP contribution in [0.2, 0.25) is 0 Å². The van der Waals surface area contributed by atoms with Crippen molar-refractivity contribution in [3.63, 3.8) is 0 Å². The summed E-state index contributed by atoms with van der Waals surface area (Å²) in [6.07, 6.45) is 11.6. The number of hydrogen-bond acceptors (Lipinski definition) is 5. The van der Waals surface area contributed by atoms with Gasteiger partial charge in [0.25, 0.3) is 0 Å². The van der Waals surface area contributed by atoms with Gasteiger partial charge in [0, 0.05) is 18.8 Å². The number of carbonyl (C=O) groups excluding carboxylic acids is 1. The highest BCUT2D eigenvalue weighted by Crippen LogP contribution is 2.75. The van der Waals surface area contributed by atoms with Crippen molar-refractivity contribution < 1.29 is 24.5 Å². The van der Waals surface area contributed by atoms with Crippen LogP contribution in [0, 0.1) is 39.9 Å². The number of aliphatic hydroxyl groups is 2. The molecule has 5 fully saturated rings. The van der Waals surface area contributed by atoms with Crippen LogP contribution in [0.4, 0.5) is 0 Å². The number of carbonyl (C=O) groups is 1. The number of cyclic esters (lactones) is 1. The minimum Gasteiger partial charge on any atom is -0.431 e. The van der Waals surface area contributed by atoms with E-state index in [4.69, 9.17) is 9.47 Å². The van der Waals surface area contributed by atoms with Gasteiger partial charge in [-0.25, -0.2) is 0 Å². The molecular weight excluding hydrogens is 440 g/mol. The van der Waals surface area contributed by atoms with Crippen LogP contribution in [-0.2, 0) is 14.3 Å².